The molecule has 2 aromatic carbocycles. The van der Waals surface area contributed by atoms with Crippen LogP contribution in [0.3, 0.4) is 0 Å². The molecule has 0 saturated carbocycles. The van der Waals surface area contributed by atoms with Crippen molar-refractivity contribution < 1.29 is 22.7 Å². The highest BCUT2D eigenvalue weighted by atomic mass is 35.5. The van der Waals surface area contributed by atoms with E-state index in [1.807, 2.05) is 0 Å². The van der Waals surface area contributed by atoms with Gasteiger partial charge in [-0.25, -0.2) is 23.1 Å². The molecular weight excluding hydrogens is 473 g/mol. The van der Waals surface area contributed by atoms with Crippen molar-refractivity contribution in [2.24, 2.45) is 0 Å². The van der Waals surface area contributed by atoms with Crippen LogP contribution in [-0.4, -0.2) is 38.1 Å². The number of carbonyl (C=O) groups excluding carboxylic acids is 1. The number of rotatable bonds is 9. The van der Waals surface area contributed by atoms with Crippen LogP contribution in [0.1, 0.15) is 6.42 Å². The molecule has 2 aromatic heterocycles. The Morgan fingerprint density at radius 1 is 1.15 bits per heavy atom. The van der Waals surface area contributed by atoms with Crippen molar-refractivity contribution in [3.8, 4) is 5.75 Å². The average molecular weight is 491 g/mol. The fraction of sp³-hybridized carbons (Fsp3) is 0.182. The van der Waals surface area contributed by atoms with E-state index in [1.165, 1.54) is 47.7 Å². The molecule has 4 rings (SSSR count). The van der Waals surface area contributed by atoms with Crippen LogP contribution in [0.15, 0.2) is 49.1 Å². The summed E-state index contributed by atoms with van der Waals surface area (Å²) in [5, 5.41) is 9.78. The Balaban J connectivity index is 1.46. The van der Waals surface area contributed by atoms with Crippen LogP contribution in [0.2, 0.25) is 0 Å². The third-order valence-electron chi connectivity index (χ3n) is 4.65. The zero-order valence-corrected chi connectivity index (χ0v) is 18.3. The Bertz CT molecular complexity index is 1330. The number of alkyl halides is 1. The van der Waals surface area contributed by atoms with Crippen molar-refractivity contribution in [3.05, 3.63) is 66.5 Å². The minimum atomic E-state index is -1.14. The summed E-state index contributed by atoms with van der Waals surface area (Å²) in [5.41, 5.74) is 0.659. The maximum atomic E-state index is 14.5. The lowest BCUT2D eigenvalue weighted by atomic mass is 10.2. The second-order valence-corrected chi connectivity index (χ2v) is 7.49. The van der Waals surface area contributed by atoms with Crippen LogP contribution in [-0.2, 0) is 11.3 Å². The third-order valence-corrected chi connectivity index (χ3v) is 4.92. The van der Waals surface area contributed by atoms with Gasteiger partial charge in [0.25, 0.3) is 0 Å². The van der Waals surface area contributed by atoms with E-state index in [0.29, 0.717) is 34.7 Å². The quantitative estimate of drug-likeness (QED) is 0.262. The Morgan fingerprint density at radius 3 is 2.82 bits per heavy atom. The van der Waals surface area contributed by atoms with Gasteiger partial charge >= 0.3 is 0 Å². The molecule has 0 aliphatic heterocycles. The molecule has 2 N–H and O–H groups in total. The van der Waals surface area contributed by atoms with E-state index in [1.54, 1.807) is 0 Å². The number of amides is 1. The van der Waals surface area contributed by atoms with E-state index in [4.69, 9.17) is 16.3 Å². The van der Waals surface area contributed by atoms with Crippen LogP contribution >= 0.6 is 11.6 Å². The highest BCUT2D eigenvalue weighted by Crippen LogP contribution is 2.29. The number of anilines is 3. The first-order chi connectivity index (χ1) is 16.4. The molecule has 0 saturated heterocycles. The van der Waals surface area contributed by atoms with Gasteiger partial charge in [-0.1, -0.05) is 6.07 Å². The summed E-state index contributed by atoms with van der Waals surface area (Å²) in [5.74, 6) is -2.59. The zero-order valence-electron chi connectivity index (χ0n) is 17.6. The molecule has 2 heterocycles. The molecule has 12 heteroatoms. The molecule has 0 bridgehead atoms. The number of hydrogen-bond acceptors (Lipinski definition) is 6. The standard InChI is InChI=1S/C22H18ClF3N6O2/c23-5-2-6-34-19-8-18-14(7-16(19)25)22(28-12-27-18)30-13-9-29-32(10-13)11-20(33)31-17-4-1-3-15(24)21(17)26/h1,3-4,7-10,12H,2,5-6,11H2,(H,31,33)(H,27,28,30). The maximum absolute atomic E-state index is 14.5. The first kappa shape index (κ1) is 23.3. The molecule has 8 nitrogen and oxygen atoms in total. The SMILES string of the molecule is O=C(Cn1cc(Nc2ncnc3cc(OCCCCl)c(F)cc23)cn1)Nc1cccc(F)c1F. The highest BCUT2D eigenvalue weighted by molar-refractivity contribution is 6.17. The minimum absolute atomic E-state index is 0.0656. The molecule has 176 valence electrons. The number of benzene rings is 2. The number of carbonyl (C=O) groups is 1. The summed E-state index contributed by atoms with van der Waals surface area (Å²) in [6.45, 7) is 0.0283. The number of ether oxygens (including phenoxy) is 1. The summed E-state index contributed by atoms with van der Waals surface area (Å²) in [4.78, 5) is 20.5. The second-order valence-electron chi connectivity index (χ2n) is 7.11. The molecular formula is C22H18ClF3N6O2. The molecule has 0 radical (unpaired) electrons. The summed E-state index contributed by atoms with van der Waals surface area (Å²) in [7, 11) is 0. The van der Waals surface area contributed by atoms with E-state index in [9.17, 15) is 18.0 Å². The molecule has 34 heavy (non-hydrogen) atoms. The average Bonchev–Trinajstić information content (AvgIpc) is 3.24. The van der Waals surface area contributed by atoms with Gasteiger partial charge in [0, 0.05) is 23.5 Å². The molecule has 0 fully saturated rings. The minimum Gasteiger partial charge on any atom is -0.490 e. The van der Waals surface area contributed by atoms with Gasteiger partial charge in [0.1, 0.15) is 18.7 Å². The molecule has 0 aliphatic rings. The summed E-state index contributed by atoms with van der Waals surface area (Å²) < 4.78 is 48.2. The predicted octanol–water partition coefficient (Wildman–Crippen LogP) is 4.63. The van der Waals surface area contributed by atoms with Crippen molar-refractivity contribution in [1.29, 1.82) is 0 Å². The van der Waals surface area contributed by atoms with Gasteiger partial charge in [-0.05, 0) is 24.6 Å². The fourth-order valence-electron chi connectivity index (χ4n) is 3.09. The van der Waals surface area contributed by atoms with Gasteiger partial charge in [-0.15, -0.1) is 11.6 Å². The van der Waals surface area contributed by atoms with Gasteiger partial charge in [-0.3, -0.25) is 9.48 Å². The predicted molar refractivity (Wildman–Crippen MR) is 121 cm³/mol. The Labute approximate surface area is 196 Å². The Hall–Kier alpha value is -3.86. The van der Waals surface area contributed by atoms with E-state index in [-0.39, 0.29) is 24.6 Å². The normalized spacial score (nSPS) is 10.9. The molecule has 1 amide bonds. The maximum Gasteiger partial charge on any atom is 0.246 e. The number of hydrogen-bond donors (Lipinski definition) is 2. The molecule has 0 spiro atoms. The number of halogens is 4. The first-order valence-electron chi connectivity index (χ1n) is 10.1. The number of nitrogens with one attached hydrogen (secondary N) is 2. The van der Waals surface area contributed by atoms with E-state index >= 15 is 0 Å². The smallest absolute Gasteiger partial charge is 0.246 e. The van der Waals surface area contributed by atoms with E-state index < -0.39 is 23.4 Å². The fourth-order valence-corrected chi connectivity index (χ4v) is 3.20. The number of aromatic nitrogens is 4. The lowest BCUT2D eigenvalue weighted by molar-refractivity contribution is -0.116. The third kappa shape index (κ3) is 5.37. The number of fused-ring (bicyclic) bond motifs is 1. The van der Waals surface area contributed by atoms with Crippen LogP contribution in [0.25, 0.3) is 10.9 Å². The van der Waals surface area contributed by atoms with Crippen LogP contribution in [0.4, 0.5) is 30.4 Å². The second kappa shape index (κ2) is 10.4. The van der Waals surface area contributed by atoms with Gasteiger partial charge < -0.3 is 15.4 Å². The van der Waals surface area contributed by atoms with Gasteiger partial charge in [0.15, 0.2) is 23.2 Å². The van der Waals surface area contributed by atoms with E-state index in [0.717, 1.165) is 6.07 Å². The van der Waals surface area contributed by atoms with Crippen LogP contribution in [0, 0.1) is 17.5 Å². The van der Waals surface area contributed by atoms with Crippen molar-refractivity contribution >= 4 is 45.6 Å². The van der Waals surface area contributed by atoms with Gasteiger partial charge in [-0.2, -0.15) is 5.10 Å². The van der Waals surface area contributed by atoms with Crippen molar-refractivity contribution in [1.82, 2.24) is 19.7 Å². The van der Waals surface area contributed by atoms with Crippen LogP contribution < -0.4 is 15.4 Å². The van der Waals surface area contributed by atoms with Gasteiger partial charge in [0.2, 0.25) is 5.91 Å². The molecule has 0 aliphatic carbocycles. The monoisotopic (exact) mass is 490 g/mol. The Morgan fingerprint density at radius 2 is 2.00 bits per heavy atom. The van der Waals surface area contributed by atoms with Gasteiger partial charge in [0.05, 0.1) is 29.7 Å². The van der Waals surface area contributed by atoms with Crippen LogP contribution in [0.5, 0.6) is 5.75 Å². The first-order valence-corrected chi connectivity index (χ1v) is 10.6. The lowest BCUT2D eigenvalue weighted by Crippen LogP contribution is -2.19. The topological polar surface area (TPSA) is 94.0 Å². The Kier molecular flexibility index (Phi) is 7.12. The number of nitrogens with zero attached hydrogens (tertiary/aromatic N) is 4. The van der Waals surface area contributed by atoms with Crippen molar-refractivity contribution in [2.75, 3.05) is 23.1 Å². The van der Waals surface area contributed by atoms with E-state index in [2.05, 4.69) is 25.7 Å². The van der Waals surface area contributed by atoms with Crippen molar-refractivity contribution in [2.45, 2.75) is 13.0 Å². The highest BCUT2D eigenvalue weighted by Gasteiger charge is 2.14. The summed E-state index contributed by atoms with van der Waals surface area (Å²) in [6, 6.07) is 6.23. The molecule has 0 unspecified atom stereocenters. The molecule has 0 atom stereocenters. The lowest BCUT2D eigenvalue weighted by Gasteiger charge is -2.10. The zero-order chi connectivity index (χ0) is 24.1. The van der Waals surface area contributed by atoms with Crippen molar-refractivity contribution in [3.63, 3.8) is 0 Å². The summed E-state index contributed by atoms with van der Waals surface area (Å²) >= 11 is 5.62. The molecule has 4 aromatic rings. The largest absolute Gasteiger partial charge is 0.490 e. The summed E-state index contributed by atoms with van der Waals surface area (Å²) in [6.07, 6.45) is 4.84.